The van der Waals surface area contributed by atoms with Gasteiger partial charge in [0.1, 0.15) is 11.6 Å². The van der Waals surface area contributed by atoms with E-state index in [1.807, 2.05) is 36.1 Å². The van der Waals surface area contributed by atoms with Gasteiger partial charge in [-0.1, -0.05) is 12.1 Å². The Labute approximate surface area is 163 Å². The number of aromatic amines is 2. The van der Waals surface area contributed by atoms with Crippen molar-refractivity contribution in [3.8, 4) is 0 Å². The molecule has 0 spiro atoms. The zero-order chi connectivity index (χ0) is 19.5. The van der Waals surface area contributed by atoms with Crippen molar-refractivity contribution in [2.45, 2.75) is 45.6 Å². The smallest absolute Gasteiger partial charge is 0.343 e. The summed E-state index contributed by atoms with van der Waals surface area (Å²) >= 11 is 0. The molecule has 28 heavy (non-hydrogen) atoms. The van der Waals surface area contributed by atoms with Crippen LogP contribution in [0.15, 0.2) is 29.1 Å². The molecule has 1 amide bonds. The quantitative estimate of drug-likeness (QED) is 0.680. The molecule has 0 aliphatic carbocycles. The number of aryl methyl sites for hydroxylation is 1. The van der Waals surface area contributed by atoms with E-state index >= 15 is 0 Å². The summed E-state index contributed by atoms with van der Waals surface area (Å²) in [7, 11) is 0. The Bertz CT molecular complexity index is 976. The van der Waals surface area contributed by atoms with Crippen LogP contribution >= 0.6 is 0 Å². The Morgan fingerprint density at radius 3 is 2.79 bits per heavy atom. The molecule has 2 aromatic heterocycles. The highest BCUT2D eigenvalue weighted by Gasteiger charge is 2.24. The second kappa shape index (κ2) is 8.00. The number of amides is 1. The number of nitrogens with one attached hydrogen (secondary N) is 2. The number of fused-ring (bicyclic) bond motifs is 1. The molecule has 4 rings (SSSR count). The van der Waals surface area contributed by atoms with E-state index in [-0.39, 0.29) is 11.6 Å². The number of carbonyl (C=O) groups excluding carboxylic acids is 1. The Hall–Kier alpha value is -2.90. The second-order valence-corrected chi connectivity index (χ2v) is 7.42. The van der Waals surface area contributed by atoms with Gasteiger partial charge in [0.2, 0.25) is 5.91 Å². The van der Waals surface area contributed by atoms with Crippen molar-refractivity contribution in [3.05, 3.63) is 46.4 Å². The van der Waals surface area contributed by atoms with Crippen LogP contribution < -0.4 is 5.69 Å². The summed E-state index contributed by atoms with van der Waals surface area (Å²) in [5.41, 5.74) is 1.81. The average Bonchev–Trinajstić information content (AvgIpc) is 3.29. The van der Waals surface area contributed by atoms with Crippen LogP contribution in [-0.4, -0.2) is 48.6 Å². The van der Waals surface area contributed by atoms with Crippen molar-refractivity contribution >= 4 is 16.9 Å². The summed E-state index contributed by atoms with van der Waals surface area (Å²) < 4.78 is 1.69. The topological polar surface area (TPSA) is 99.7 Å². The third-order valence-corrected chi connectivity index (χ3v) is 5.61. The van der Waals surface area contributed by atoms with Crippen molar-refractivity contribution < 1.29 is 4.79 Å². The van der Waals surface area contributed by atoms with Crippen LogP contribution in [0.1, 0.15) is 37.8 Å². The lowest BCUT2D eigenvalue weighted by atomic mass is 9.93. The van der Waals surface area contributed by atoms with Gasteiger partial charge in [0.05, 0.1) is 11.0 Å². The Kier molecular flexibility index (Phi) is 5.27. The van der Waals surface area contributed by atoms with Crippen molar-refractivity contribution in [1.82, 2.24) is 29.6 Å². The van der Waals surface area contributed by atoms with Crippen LogP contribution in [0.4, 0.5) is 0 Å². The van der Waals surface area contributed by atoms with Crippen LogP contribution in [0.5, 0.6) is 0 Å². The van der Waals surface area contributed by atoms with Gasteiger partial charge in [0.25, 0.3) is 0 Å². The molecule has 0 saturated carbocycles. The van der Waals surface area contributed by atoms with Crippen molar-refractivity contribution in [3.63, 3.8) is 0 Å². The summed E-state index contributed by atoms with van der Waals surface area (Å²) in [6, 6.07) is 7.91. The number of aromatic nitrogens is 5. The number of nitrogens with zero attached hydrogens (tertiary/aromatic N) is 4. The molecule has 2 N–H and O–H groups in total. The molecule has 0 bridgehead atoms. The monoisotopic (exact) mass is 382 g/mol. The summed E-state index contributed by atoms with van der Waals surface area (Å²) in [4.78, 5) is 34.0. The van der Waals surface area contributed by atoms with Gasteiger partial charge in [-0.25, -0.2) is 14.9 Å². The lowest BCUT2D eigenvalue weighted by Crippen LogP contribution is -2.39. The predicted molar refractivity (Wildman–Crippen MR) is 106 cm³/mol. The number of piperidine rings is 1. The molecule has 1 aliphatic heterocycles. The summed E-state index contributed by atoms with van der Waals surface area (Å²) in [6.07, 6.45) is 3.78. The second-order valence-electron chi connectivity index (χ2n) is 7.42. The number of H-pyrrole nitrogens is 2. The van der Waals surface area contributed by atoms with Gasteiger partial charge in [-0.3, -0.25) is 9.36 Å². The standard InChI is InChI=1S/C20H26N6O2/c1-2-26-18(23-24-20(26)28)13-14-9-11-25(12-10-14)19(27)8-7-17-21-15-5-3-4-6-16(15)22-17/h3-6,14H,2,7-13H2,1H3,(H,21,22)(H,24,28). The molecule has 0 radical (unpaired) electrons. The normalized spacial score (nSPS) is 15.4. The Morgan fingerprint density at radius 1 is 1.25 bits per heavy atom. The van der Waals surface area contributed by atoms with Gasteiger partial charge in [-0.05, 0) is 37.8 Å². The SMILES string of the molecule is CCn1c(CC2CCN(C(=O)CCc3nc4ccccc4[nH]3)CC2)n[nH]c1=O. The van der Waals surface area contributed by atoms with Gasteiger partial charge >= 0.3 is 5.69 Å². The molecule has 148 valence electrons. The maximum atomic E-state index is 12.6. The molecule has 0 unspecified atom stereocenters. The molecule has 1 aliphatic rings. The van der Waals surface area contributed by atoms with Crippen molar-refractivity contribution in [1.29, 1.82) is 0 Å². The van der Waals surface area contributed by atoms with Crippen LogP contribution in [0.25, 0.3) is 11.0 Å². The van der Waals surface area contributed by atoms with Crippen molar-refractivity contribution in [2.75, 3.05) is 13.1 Å². The summed E-state index contributed by atoms with van der Waals surface area (Å²) in [5.74, 6) is 2.33. The van der Waals surface area contributed by atoms with Crippen LogP contribution in [0.2, 0.25) is 0 Å². The highest BCUT2D eigenvalue weighted by molar-refractivity contribution is 5.77. The number of para-hydroxylation sites is 2. The van der Waals surface area contributed by atoms with Crippen LogP contribution in [0.3, 0.4) is 0 Å². The van der Waals surface area contributed by atoms with Crippen LogP contribution in [0, 0.1) is 5.92 Å². The number of rotatable bonds is 6. The Balaban J connectivity index is 1.27. The third-order valence-electron chi connectivity index (χ3n) is 5.61. The van der Waals surface area contributed by atoms with Gasteiger partial charge < -0.3 is 9.88 Å². The molecule has 3 heterocycles. The number of imidazole rings is 1. The predicted octanol–water partition coefficient (Wildman–Crippen LogP) is 1.88. The summed E-state index contributed by atoms with van der Waals surface area (Å²) in [6.45, 7) is 4.11. The third kappa shape index (κ3) is 3.85. The first-order valence-electron chi connectivity index (χ1n) is 9.99. The lowest BCUT2D eigenvalue weighted by Gasteiger charge is -2.32. The van der Waals surface area contributed by atoms with E-state index in [0.717, 1.165) is 55.0 Å². The maximum absolute atomic E-state index is 12.6. The minimum atomic E-state index is -0.143. The maximum Gasteiger partial charge on any atom is 0.343 e. The largest absolute Gasteiger partial charge is 0.343 e. The molecule has 8 nitrogen and oxygen atoms in total. The minimum absolute atomic E-state index is 0.143. The number of likely N-dealkylation sites (tertiary alicyclic amines) is 1. The molecular weight excluding hydrogens is 356 g/mol. The molecule has 1 saturated heterocycles. The van der Waals surface area contributed by atoms with Gasteiger partial charge in [0.15, 0.2) is 0 Å². The van der Waals surface area contributed by atoms with E-state index in [1.54, 1.807) is 4.57 Å². The first-order valence-corrected chi connectivity index (χ1v) is 9.99. The molecule has 8 heteroatoms. The average molecular weight is 382 g/mol. The van der Waals surface area contributed by atoms with E-state index in [1.165, 1.54) is 0 Å². The molecule has 1 aromatic carbocycles. The fraction of sp³-hybridized carbons (Fsp3) is 0.500. The first kappa shape index (κ1) is 18.5. The molecule has 3 aromatic rings. The van der Waals surface area contributed by atoms with E-state index in [4.69, 9.17) is 0 Å². The minimum Gasteiger partial charge on any atom is -0.343 e. The fourth-order valence-electron chi connectivity index (χ4n) is 3.98. The highest BCUT2D eigenvalue weighted by atomic mass is 16.2. The van der Waals surface area contributed by atoms with E-state index in [0.29, 0.717) is 25.3 Å². The van der Waals surface area contributed by atoms with E-state index in [2.05, 4.69) is 20.2 Å². The molecular formula is C20H26N6O2. The Morgan fingerprint density at radius 2 is 2.04 bits per heavy atom. The zero-order valence-electron chi connectivity index (χ0n) is 16.1. The number of carbonyl (C=O) groups is 1. The number of benzene rings is 1. The highest BCUT2D eigenvalue weighted by Crippen LogP contribution is 2.21. The van der Waals surface area contributed by atoms with Gasteiger partial charge in [-0.2, -0.15) is 5.10 Å². The lowest BCUT2D eigenvalue weighted by molar-refractivity contribution is -0.132. The van der Waals surface area contributed by atoms with Gasteiger partial charge in [0, 0.05) is 38.9 Å². The van der Waals surface area contributed by atoms with E-state index < -0.39 is 0 Å². The zero-order valence-corrected chi connectivity index (χ0v) is 16.1. The first-order chi connectivity index (χ1) is 13.6. The van der Waals surface area contributed by atoms with Gasteiger partial charge in [-0.15, -0.1) is 0 Å². The molecule has 1 fully saturated rings. The van der Waals surface area contributed by atoms with Crippen LogP contribution in [-0.2, 0) is 24.2 Å². The van der Waals surface area contributed by atoms with Crippen molar-refractivity contribution in [2.24, 2.45) is 5.92 Å². The summed E-state index contributed by atoms with van der Waals surface area (Å²) in [5, 5.41) is 6.68. The van der Waals surface area contributed by atoms with E-state index in [9.17, 15) is 9.59 Å². The molecule has 0 atom stereocenters. The number of hydrogen-bond acceptors (Lipinski definition) is 4. The fourth-order valence-corrected chi connectivity index (χ4v) is 3.98. The number of hydrogen-bond donors (Lipinski definition) is 2.